The Hall–Kier alpha value is -1.05. The van der Waals surface area contributed by atoms with Gasteiger partial charge < -0.3 is 10.1 Å². The molecule has 1 atom stereocenters. The lowest BCUT2D eigenvalue weighted by Crippen LogP contribution is -2.32. The van der Waals surface area contributed by atoms with Gasteiger partial charge in [-0.1, -0.05) is 0 Å². The molecule has 0 bridgehead atoms. The first kappa shape index (κ1) is 14.0. The van der Waals surface area contributed by atoms with Gasteiger partial charge in [-0.05, 0) is 23.0 Å². The van der Waals surface area contributed by atoms with Gasteiger partial charge in [-0.15, -0.1) is 0 Å². The highest BCUT2D eigenvalue weighted by atomic mass is 79.9. The molecule has 7 heteroatoms. The van der Waals surface area contributed by atoms with Crippen molar-refractivity contribution in [1.29, 1.82) is 0 Å². The molecule has 6 nitrogen and oxygen atoms in total. The summed E-state index contributed by atoms with van der Waals surface area (Å²) in [6, 6.07) is 1.59. The number of aromatic nitrogens is 1. The number of halogens is 1. The molecule has 0 saturated carbocycles. The number of pyridine rings is 1. The fourth-order valence-corrected chi connectivity index (χ4v) is 1.88. The molecular formula is C10H14BrN3O3. The van der Waals surface area contributed by atoms with E-state index in [0.717, 1.165) is 5.69 Å². The molecular weight excluding hydrogens is 290 g/mol. The zero-order valence-corrected chi connectivity index (χ0v) is 11.2. The standard InChI is InChI=1S/C10H14BrN3O3/c1-12-7(6-17-2)3-10-9(11)4-8(5-13-10)14(15)16/h4-5,7,12H,3,6H2,1-2H3. The number of nitrogens with zero attached hydrogens (tertiary/aromatic N) is 2. The molecule has 0 radical (unpaired) electrons. The molecule has 0 aliphatic carbocycles. The van der Waals surface area contributed by atoms with Gasteiger partial charge in [0.1, 0.15) is 6.20 Å². The molecule has 1 unspecified atom stereocenters. The number of nitro groups is 1. The number of likely N-dealkylation sites (N-methyl/N-ethyl adjacent to an activating group) is 1. The van der Waals surface area contributed by atoms with Crippen molar-refractivity contribution < 1.29 is 9.66 Å². The maximum absolute atomic E-state index is 10.6. The summed E-state index contributed by atoms with van der Waals surface area (Å²) < 4.78 is 5.70. The van der Waals surface area contributed by atoms with Gasteiger partial charge in [0.25, 0.3) is 5.69 Å². The molecule has 0 spiro atoms. The number of ether oxygens (including phenoxy) is 1. The van der Waals surface area contributed by atoms with Crippen molar-refractivity contribution in [1.82, 2.24) is 10.3 Å². The van der Waals surface area contributed by atoms with Crippen molar-refractivity contribution in [2.75, 3.05) is 20.8 Å². The van der Waals surface area contributed by atoms with Crippen LogP contribution in [0.3, 0.4) is 0 Å². The Morgan fingerprint density at radius 2 is 2.41 bits per heavy atom. The van der Waals surface area contributed by atoms with Crippen LogP contribution in [0.4, 0.5) is 5.69 Å². The first-order chi connectivity index (χ1) is 8.08. The van der Waals surface area contributed by atoms with Crippen LogP contribution in [0.15, 0.2) is 16.7 Å². The number of hydrogen-bond acceptors (Lipinski definition) is 5. The van der Waals surface area contributed by atoms with Crippen LogP contribution in [0.5, 0.6) is 0 Å². The highest BCUT2D eigenvalue weighted by molar-refractivity contribution is 9.10. The monoisotopic (exact) mass is 303 g/mol. The summed E-state index contributed by atoms with van der Waals surface area (Å²) in [6.45, 7) is 0.557. The summed E-state index contributed by atoms with van der Waals surface area (Å²) in [7, 11) is 3.46. The average molecular weight is 304 g/mol. The van der Waals surface area contributed by atoms with E-state index in [1.807, 2.05) is 7.05 Å². The minimum Gasteiger partial charge on any atom is -0.383 e. The Morgan fingerprint density at radius 3 is 2.88 bits per heavy atom. The van der Waals surface area contributed by atoms with Gasteiger partial charge in [0.15, 0.2) is 0 Å². The number of nitrogens with one attached hydrogen (secondary N) is 1. The van der Waals surface area contributed by atoms with Gasteiger partial charge in [-0.25, -0.2) is 0 Å². The molecule has 1 aromatic heterocycles. The van der Waals surface area contributed by atoms with Crippen LogP contribution in [0.1, 0.15) is 5.69 Å². The summed E-state index contributed by atoms with van der Waals surface area (Å²) in [4.78, 5) is 14.2. The van der Waals surface area contributed by atoms with Gasteiger partial charge in [0.05, 0.1) is 17.2 Å². The van der Waals surface area contributed by atoms with Crippen LogP contribution in [-0.2, 0) is 11.2 Å². The predicted octanol–water partition coefficient (Wildman–Crippen LogP) is 1.53. The smallest absolute Gasteiger partial charge is 0.288 e. The second-order valence-electron chi connectivity index (χ2n) is 3.52. The van der Waals surface area contributed by atoms with Crippen molar-refractivity contribution in [2.45, 2.75) is 12.5 Å². The molecule has 94 valence electrons. The summed E-state index contributed by atoms with van der Waals surface area (Å²) >= 11 is 3.29. The third kappa shape index (κ3) is 4.03. The van der Waals surface area contributed by atoms with Gasteiger partial charge in [0, 0.05) is 30.1 Å². The molecule has 1 heterocycles. The van der Waals surface area contributed by atoms with Gasteiger partial charge in [0.2, 0.25) is 0 Å². The van der Waals surface area contributed by atoms with Crippen LogP contribution >= 0.6 is 15.9 Å². The van der Waals surface area contributed by atoms with E-state index in [4.69, 9.17) is 4.74 Å². The Bertz CT molecular complexity index is 400. The van der Waals surface area contributed by atoms with Gasteiger partial charge in [-0.2, -0.15) is 0 Å². The van der Waals surface area contributed by atoms with Crippen LogP contribution < -0.4 is 5.32 Å². The topological polar surface area (TPSA) is 77.3 Å². The second kappa shape index (κ2) is 6.63. The molecule has 1 aromatic rings. The summed E-state index contributed by atoms with van der Waals surface area (Å²) in [5, 5.41) is 13.7. The average Bonchev–Trinajstić information content (AvgIpc) is 2.30. The zero-order valence-electron chi connectivity index (χ0n) is 9.64. The fraction of sp³-hybridized carbons (Fsp3) is 0.500. The third-order valence-corrected chi connectivity index (χ3v) is 3.02. The minimum atomic E-state index is -0.466. The molecule has 0 saturated heterocycles. The maximum atomic E-state index is 10.6. The molecule has 0 aliphatic heterocycles. The van der Waals surface area contributed by atoms with Crippen molar-refractivity contribution in [3.8, 4) is 0 Å². The lowest BCUT2D eigenvalue weighted by atomic mass is 10.1. The summed E-state index contributed by atoms with van der Waals surface area (Å²) in [5.74, 6) is 0. The molecule has 0 aliphatic rings. The first-order valence-corrected chi connectivity index (χ1v) is 5.82. The van der Waals surface area contributed by atoms with Crippen molar-refractivity contribution in [2.24, 2.45) is 0 Å². The molecule has 0 aromatic carbocycles. The van der Waals surface area contributed by atoms with Crippen LogP contribution in [0.25, 0.3) is 0 Å². The first-order valence-electron chi connectivity index (χ1n) is 5.03. The van der Waals surface area contributed by atoms with E-state index < -0.39 is 4.92 Å². The Labute approximate surface area is 108 Å². The summed E-state index contributed by atoms with van der Waals surface area (Å²) in [6.07, 6.45) is 1.91. The van der Waals surface area contributed by atoms with Crippen LogP contribution in [-0.4, -0.2) is 36.7 Å². The SMILES string of the molecule is CNC(COC)Cc1ncc([N+](=O)[O-])cc1Br. The minimum absolute atomic E-state index is 0.0200. The van der Waals surface area contributed by atoms with E-state index in [1.165, 1.54) is 12.3 Å². The molecule has 1 N–H and O–H groups in total. The molecule has 1 rings (SSSR count). The Morgan fingerprint density at radius 1 is 1.71 bits per heavy atom. The van der Waals surface area contributed by atoms with Crippen molar-refractivity contribution in [3.63, 3.8) is 0 Å². The maximum Gasteiger partial charge on any atom is 0.288 e. The van der Waals surface area contributed by atoms with E-state index in [2.05, 4.69) is 26.2 Å². The third-order valence-electron chi connectivity index (χ3n) is 2.33. The van der Waals surface area contributed by atoms with Crippen molar-refractivity contribution >= 4 is 21.6 Å². The van der Waals surface area contributed by atoms with Crippen LogP contribution in [0, 0.1) is 10.1 Å². The molecule has 0 amide bonds. The summed E-state index contributed by atoms with van der Waals surface area (Å²) in [5.41, 5.74) is 0.750. The quantitative estimate of drug-likeness (QED) is 0.637. The Balaban J connectivity index is 2.81. The lowest BCUT2D eigenvalue weighted by Gasteiger charge is -2.15. The van der Waals surface area contributed by atoms with Gasteiger partial charge in [-0.3, -0.25) is 15.1 Å². The van der Waals surface area contributed by atoms with Crippen LogP contribution in [0.2, 0.25) is 0 Å². The van der Waals surface area contributed by atoms with Gasteiger partial charge >= 0.3 is 0 Å². The van der Waals surface area contributed by atoms with E-state index in [0.29, 0.717) is 17.5 Å². The largest absolute Gasteiger partial charge is 0.383 e. The molecule has 17 heavy (non-hydrogen) atoms. The van der Waals surface area contributed by atoms with E-state index in [1.54, 1.807) is 7.11 Å². The zero-order chi connectivity index (χ0) is 12.8. The lowest BCUT2D eigenvalue weighted by molar-refractivity contribution is -0.385. The molecule has 0 fully saturated rings. The highest BCUT2D eigenvalue weighted by Gasteiger charge is 2.14. The van der Waals surface area contributed by atoms with E-state index in [9.17, 15) is 10.1 Å². The van der Waals surface area contributed by atoms with E-state index >= 15 is 0 Å². The highest BCUT2D eigenvalue weighted by Crippen LogP contribution is 2.21. The van der Waals surface area contributed by atoms with E-state index in [-0.39, 0.29) is 11.7 Å². The number of methoxy groups -OCH3 is 1. The normalized spacial score (nSPS) is 12.4. The fourth-order valence-electron chi connectivity index (χ4n) is 1.39. The second-order valence-corrected chi connectivity index (χ2v) is 4.38. The predicted molar refractivity (Wildman–Crippen MR) is 67.0 cm³/mol. The number of hydrogen-bond donors (Lipinski definition) is 1. The number of rotatable bonds is 6. The Kier molecular flexibility index (Phi) is 5.46. The van der Waals surface area contributed by atoms with Crippen molar-refractivity contribution in [3.05, 3.63) is 32.5 Å².